The number of anilines is 1. The van der Waals surface area contributed by atoms with Gasteiger partial charge in [-0.15, -0.1) is 0 Å². The minimum atomic E-state index is 0.620. The fourth-order valence-corrected chi connectivity index (χ4v) is 2.64. The first kappa shape index (κ1) is 17.7. The van der Waals surface area contributed by atoms with E-state index >= 15 is 0 Å². The molecule has 23 heavy (non-hydrogen) atoms. The van der Waals surface area contributed by atoms with Gasteiger partial charge in [0.25, 0.3) is 0 Å². The molecule has 0 radical (unpaired) electrons. The molecule has 0 bridgehead atoms. The van der Waals surface area contributed by atoms with Crippen molar-refractivity contribution in [2.24, 2.45) is 0 Å². The van der Waals surface area contributed by atoms with E-state index in [0.717, 1.165) is 40.2 Å². The molecule has 0 amide bonds. The van der Waals surface area contributed by atoms with Gasteiger partial charge in [0.15, 0.2) is 11.5 Å². The van der Waals surface area contributed by atoms with Crippen LogP contribution in [-0.4, -0.2) is 13.2 Å². The number of hydrogen-bond acceptors (Lipinski definition) is 3. The van der Waals surface area contributed by atoms with Crippen LogP contribution in [0.25, 0.3) is 0 Å². The second kappa shape index (κ2) is 8.82. The molecule has 2 aromatic rings. The Labute approximate surface area is 147 Å². The highest BCUT2D eigenvalue weighted by atomic mass is 79.9. The van der Waals surface area contributed by atoms with Gasteiger partial charge in [-0.25, -0.2) is 0 Å². The predicted octanol–water partition coefficient (Wildman–Crippen LogP) is 5.56. The molecule has 0 aliphatic heterocycles. The lowest BCUT2D eigenvalue weighted by Gasteiger charge is -2.15. The molecule has 124 valence electrons. The molecule has 0 atom stereocenters. The van der Waals surface area contributed by atoms with Crippen LogP contribution in [0, 0.1) is 6.92 Å². The van der Waals surface area contributed by atoms with E-state index in [4.69, 9.17) is 9.47 Å². The molecule has 0 aliphatic rings. The predicted molar refractivity (Wildman–Crippen MR) is 99.6 cm³/mol. The Hall–Kier alpha value is -1.68. The average molecular weight is 378 g/mol. The van der Waals surface area contributed by atoms with Gasteiger partial charge in [-0.3, -0.25) is 0 Å². The average Bonchev–Trinajstić information content (AvgIpc) is 2.55. The fourth-order valence-electron chi connectivity index (χ4n) is 2.17. The van der Waals surface area contributed by atoms with E-state index in [1.54, 1.807) is 0 Å². The number of rotatable bonds is 8. The third-order valence-corrected chi connectivity index (χ3v) is 4.15. The third kappa shape index (κ3) is 5.17. The fraction of sp³-hybridized carbons (Fsp3) is 0.368. The molecule has 3 nitrogen and oxygen atoms in total. The second-order valence-electron chi connectivity index (χ2n) is 5.39. The maximum atomic E-state index is 5.78. The summed E-state index contributed by atoms with van der Waals surface area (Å²) >= 11 is 3.63. The summed E-state index contributed by atoms with van der Waals surface area (Å²) in [5.74, 6) is 1.59. The molecular weight excluding hydrogens is 354 g/mol. The van der Waals surface area contributed by atoms with Crippen LogP contribution in [0.5, 0.6) is 11.5 Å². The lowest BCUT2D eigenvalue weighted by atomic mass is 10.2. The van der Waals surface area contributed by atoms with Gasteiger partial charge in [0.05, 0.1) is 13.2 Å². The van der Waals surface area contributed by atoms with Gasteiger partial charge in [0, 0.05) is 16.7 Å². The SMILES string of the molecule is CCCOc1cc(Br)c(CNc2ccc(C)cc2)cc1OCC. The Bertz CT molecular complexity index is 626. The van der Waals surface area contributed by atoms with Crippen LogP contribution in [0.1, 0.15) is 31.4 Å². The molecule has 0 unspecified atom stereocenters. The normalized spacial score (nSPS) is 10.4. The van der Waals surface area contributed by atoms with Gasteiger partial charge in [0.2, 0.25) is 0 Å². The Kier molecular flexibility index (Phi) is 6.78. The topological polar surface area (TPSA) is 30.5 Å². The summed E-state index contributed by atoms with van der Waals surface area (Å²) in [4.78, 5) is 0. The molecule has 0 saturated carbocycles. The van der Waals surface area contributed by atoms with Crippen LogP contribution in [-0.2, 0) is 6.54 Å². The van der Waals surface area contributed by atoms with Crippen molar-refractivity contribution in [3.63, 3.8) is 0 Å². The van der Waals surface area contributed by atoms with Gasteiger partial charge < -0.3 is 14.8 Å². The van der Waals surface area contributed by atoms with Crippen molar-refractivity contribution in [3.05, 3.63) is 52.0 Å². The van der Waals surface area contributed by atoms with Crippen LogP contribution in [0.3, 0.4) is 0 Å². The smallest absolute Gasteiger partial charge is 0.162 e. The first-order chi connectivity index (χ1) is 11.1. The summed E-state index contributed by atoms with van der Waals surface area (Å²) in [5, 5.41) is 3.43. The molecule has 0 spiro atoms. The maximum Gasteiger partial charge on any atom is 0.162 e. The largest absolute Gasteiger partial charge is 0.490 e. The lowest BCUT2D eigenvalue weighted by molar-refractivity contribution is 0.276. The van der Waals surface area contributed by atoms with E-state index in [1.165, 1.54) is 5.56 Å². The number of benzene rings is 2. The second-order valence-corrected chi connectivity index (χ2v) is 6.25. The Balaban J connectivity index is 2.14. The van der Waals surface area contributed by atoms with Crippen molar-refractivity contribution in [2.75, 3.05) is 18.5 Å². The van der Waals surface area contributed by atoms with Gasteiger partial charge in [-0.1, -0.05) is 40.5 Å². The van der Waals surface area contributed by atoms with Crippen molar-refractivity contribution in [3.8, 4) is 11.5 Å². The van der Waals surface area contributed by atoms with Crippen LogP contribution < -0.4 is 14.8 Å². The number of nitrogens with one attached hydrogen (secondary N) is 1. The minimum Gasteiger partial charge on any atom is -0.490 e. The highest BCUT2D eigenvalue weighted by molar-refractivity contribution is 9.10. The molecule has 0 aromatic heterocycles. The quantitative estimate of drug-likeness (QED) is 0.653. The van der Waals surface area contributed by atoms with Crippen LogP contribution in [0.2, 0.25) is 0 Å². The van der Waals surface area contributed by atoms with Gasteiger partial charge in [-0.2, -0.15) is 0 Å². The summed E-state index contributed by atoms with van der Waals surface area (Å²) in [6.45, 7) is 8.19. The van der Waals surface area contributed by atoms with E-state index in [2.05, 4.69) is 59.4 Å². The summed E-state index contributed by atoms with van der Waals surface area (Å²) in [5.41, 5.74) is 3.50. The van der Waals surface area contributed by atoms with Crippen molar-refractivity contribution >= 4 is 21.6 Å². The number of halogens is 1. The summed E-state index contributed by atoms with van der Waals surface area (Å²) in [7, 11) is 0. The van der Waals surface area contributed by atoms with E-state index in [9.17, 15) is 0 Å². The maximum absolute atomic E-state index is 5.78. The monoisotopic (exact) mass is 377 g/mol. The van der Waals surface area contributed by atoms with E-state index in [-0.39, 0.29) is 0 Å². The molecule has 0 saturated heterocycles. The highest BCUT2D eigenvalue weighted by Gasteiger charge is 2.11. The molecule has 2 aromatic carbocycles. The summed E-state index contributed by atoms with van der Waals surface area (Å²) in [6.07, 6.45) is 0.972. The molecule has 0 fully saturated rings. The minimum absolute atomic E-state index is 0.620. The van der Waals surface area contributed by atoms with Gasteiger partial charge in [-0.05, 0) is 50.1 Å². The highest BCUT2D eigenvalue weighted by Crippen LogP contribution is 2.34. The molecule has 1 N–H and O–H groups in total. The van der Waals surface area contributed by atoms with Gasteiger partial charge in [0.1, 0.15) is 0 Å². The summed E-state index contributed by atoms with van der Waals surface area (Å²) in [6, 6.07) is 12.4. The number of aryl methyl sites for hydroxylation is 1. The third-order valence-electron chi connectivity index (χ3n) is 3.41. The van der Waals surface area contributed by atoms with Crippen LogP contribution in [0.4, 0.5) is 5.69 Å². The molecule has 0 heterocycles. The van der Waals surface area contributed by atoms with Gasteiger partial charge >= 0.3 is 0 Å². The lowest BCUT2D eigenvalue weighted by Crippen LogP contribution is -2.04. The number of hydrogen-bond donors (Lipinski definition) is 1. The van der Waals surface area contributed by atoms with E-state index in [0.29, 0.717) is 13.2 Å². The summed E-state index contributed by atoms with van der Waals surface area (Å²) < 4.78 is 12.5. The van der Waals surface area contributed by atoms with Crippen molar-refractivity contribution in [1.82, 2.24) is 0 Å². The van der Waals surface area contributed by atoms with Crippen molar-refractivity contribution < 1.29 is 9.47 Å². The first-order valence-corrected chi connectivity index (χ1v) is 8.81. The van der Waals surface area contributed by atoms with E-state index < -0.39 is 0 Å². The zero-order valence-electron chi connectivity index (χ0n) is 14.0. The molecule has 0 aliphatic carbocycles. The Morgan fingerprint density at radius 1 is 1.00 bits per heavy atom. The Morgan fingerprint density at radius 3 is 2.35 bits per heavy atom. The van der Waals surface area contributed by atoms with Crippen molar-refractivity contribution in [2.45, 2.75) is 33.7 Å². The van der Waals surface area contributed by atoms with Crippen LogP contribution >= 0.6 is 15.9 Å². The molecular formula is C19H24BrNO2. The van der Waals surface area contributed by atoms with E-state index in [1.807, 2.05) is 19.1 Å². The number of ether oxygens (including phenoxy) is 2. The zero-order chi connectivity index (χ0) is 16.7. The first-order valence-electron chi connectivity index (χ1n) is 8.02. The molecule has 4 heteroatoms. The van der Waals surface area contributed by atoms with Crippen molar-refractivity contribution in [1.29, 1.82) is 0 Å². The zero-order valence-corrected chi connectivity index (χ0v) is 15.6. The standard InChI is InChI=1S/C19H24BrNO2/c1-4-10-23-19-12-17(20)15(11-18(19)22-5-2)13-21-16-8-6-14(3)7-9-16/h6-9,11-12,21H,4-5,10,13H2,1-3H3. The Morgan fingerprint density at radius 2 is 1.70 bits per heavy atom. The molecule has 2 rings (SSSR count). The van der Waals surface area contributed by atoms with Crippen LogP contribution in [0.15, 0.2) is 40.9 Å².